The summed E-state index contributed by atoms with van der Waals surface area (Å²) < 4.78 is 5.44. The van der Waals surface area contributed by atoms with Crippen molar-refractivity contribution in [3.8, 4) is 0 Å². The number of amides is 2. The third-order valence-corrected chi connectivity index (χ3v) is 5.40. The maximum Gasteiger partial charge on any atom is 0.245 e. The predicted octanol–water partition coefficient (Wildman–Crippen LogP) is 0.813. The van der Waals surface area contributed by atoms with Crippen molar-refractivity contribution in [2.24, 2.45) is 5.92 Å². The number of hydrogen-bond acceptors (Lipinski definition) is 4. The van der Waals surface area contributed by atoms with Crippen LogP contribution in [0.2, 0.25) is 0 Å². The summed E-state index contributed by atoms with van der Waals surface area (Å²) in [5, 5.41) is 0. The van der Waals surface area contributed by atoms with Crippen LogP contribution in [0.5, 0.6) is 0 Å². The SMILES string of the molecule is CCC(CC)[C@H](C(=O)N(C)[C@H]1CCN(C)C1=O)N1CCOCC1. The van der Waals surface area contributed by atoms with E-state index in [0.29, 0.717) is 19.1 Å². The molecule has 2 rings (SSSR count). The molecule has 0 radical (unpaired) electrons. The van der Waals surface area contributed by atoms with Crippen molar-refractivity contribution in [2.45, 2.75) is 45.2 Å². The Morgan fingerprint density at radius 3 is 2.35 bits per heavy atom. The maximum absolute atomic E-state index is 13.2. The molecule has 2 heterocycles. The number of likely N-dealkylation sites (N-methyl/N-ethyl adjacent to an activating group) is 2. The number of ether oxygens (including phenoxy) is 1. The minimum absolute atomic E-state index is 0.0612. The normalized spacial score (nSPS) is 24.3. The summed E-state index contributed by atoms with van der Waals surface area (Å²) in [5.41, 5.74) is 0. The minimum Gasteiger partial charge on any atom is -0.379 e. The van der Waals surface area contributed by atoms with Gasteiger partial charge in [0.1, 0.15) is 6.04 Å². The van der Waals surface area contributed by atoms with Crippen LogP contribution in [0.3, 0.4) is 0 Å². The van der Waals surface area contributed by atoms with Gasteiger partial charge in [0.15, 0.2) is 0 Å². The fourth-order valence-corrected chi connectivity index (χ4v) is 3.77. The second-order valence-electron chi connectivity index (χ2n) is 6.68. The van der Waals surface area contributed by atoms with Crippen molar-refractivity contribution < 1.29 is 14.3 Å². The molecule has 2 fully saturated rings. The van der Waals surface area contributed by atoms with Gasteiger partial charge in [-0.3, -0.25) is 14.5 Å². The molecule has 0 aliphatic carbocycles. The van der Waals surface area contributed by atoms with Crippen LogP contribution in [0.1, 0.15) is 33.1 Å². The van der Waals surface area contributed by atoms with E-state index in [4.69, 9.17) is 4.74 Å². The van der Waals surface area contributed by atoms with E-state index in [2.05, 4.69) is 18.7 Å². The lowest BCUT2D eigenvalue weighted by molar-refractivity contribution is -0.147. The summed E-state index contributed by atoms with van der Waals surface area (Å²) in [5.74, 6) is 0.470. The van der Waals surface area contributed by atoms with Crippen LogP contribution in [-0.4, -0.2) is 85.5 Å². The van der Waals surface area contributed by atoms with E-state index in [0.717, 1.165) is 38.9 Å². The first kappa shape index (κ1) is 18.2. The average molecular weight is 325 g/mol. The summed E-state index contributed by atoms with van der Waals surface area (Å²) in [4.78, 5) is 31.1. The zero-order chi connectivity index (χ0) is 17.0. The molecule has 2 aliphatic rings. The number of carbonyl (C=O) groups is 2. The quantitative estimate of drug-likeness (QED) is 0.725. The van der Waals surface area contributed by atoms with E-state index >= 15 is 0 Å². The Labute approximate surface area is 139 Å². The van der Waals surface area contributed by atoms with Gasteiger partial charge < -0.3 is 14.5 Å². The second kappa shape index (κ2) is 8.11. The standard InChI is InChI=1S/C17H31N3O3/c1-5-13(6-2)15(20-9-11-23-12-10-20)17(22)19(4)14-7-8-18(3)16(14)21/h13-15H,5-12H2,1-4H3/t14-,15+/m0/s1. The Hall–Kier alpha value is -1.14. The summed E-state index contributed by atoms with van der Waals surface area (Å²) in [6, 6.07) is -0.442. The summed E-state index contributed by atoms with van der Waals surface area (Å²) >= 11 is 0. The molecular formula is C17H31N3O3. The highest BCUT2D eigenvalue weighted by Crippen LogP contribution is 2.24. The number of carbonyl (C=O) groups excluding carboxylic acids is 2. The molecule has 2 aliphatic heterocycles. The molecule has 2 amide bonds. The highest BCUT2D eigenvalue weighted by atomic mass is 16.5. The van der Waals surface area contributed by atoms with Crippen molar-refractivity contribution >= 4 is 11.8 Å². The van der Waals surface area contributed by atoms with E-state index in [-0.39, 0.29) is 23.9 Å². The van der Waals surface area contributed by atoms with Crippen LogP contribution in [0.15, 0.2) is 0 Å². The molecule has 0 spiro atoms. The fraction of sp³-hybridized carbons (Fsp3) is 0.882. The molecule has 2 atom stereocenters. The first-order valence-electron chi connectivity index (χ1n) is 8.84. The number of hydrogen-bond donors (Lipinski definition) is 0. The van der Waals surface area contributed by atoms with Gasteiger partial charge in [-0.2, -0.15) is 0 Å². The van der Waals surface area contributed by atoms with Crippen LogP contribution in [0.25, 0.3) is 0 Å². The van der Waals surface area contributed by atoms with Gasteiger partial charge in [0.25, 0.3) is 0 Å². The summed E-state index contributed by atoms with van der Waals surface area (Å²) in [6.07, 6.45) is 2.67. The average Bonchev–Trinajstić information content (AvgIpc) is 2.91. The molecule has 23 heavy (non-hydrogen) atoms. The van der Waals surface area contributed by atoms with Gasteiger partial charge >= 0.3 is 0 Å². The third-order valence-electron chi connectivity index (χ3n) is 5.40. The van der Waals surface area contributed by atoms with Crippen LogP contribution >= 0.6 is 0 Å². The van der Waals surface area contributed by atoms with Crippen LogP contribution in [0, 0.1) is 5.92 Å². The van der Waals surface area contributed by atoms with Crippen LogP contribution in [0.4, 0.5) is 0 Å². The Morgan fingerprint density at radius 1 is 1.26 bits per heavy atom. The van der Waals surface area contributed by atoms with Crippen LogP contribution in [-0.2, 0) is 14.3 Å². The van der Waals surface area contributed by atoms with Gasteiger partial charge in [0.05, 0.1) is 19.3 Å². The Bertz CT molecular complexity index is 419. The fourth-order valence-electron chi connectivity index (χ4n) is 3.77. The Morgan fingerprint density at radius 2 is 1.87 bits per heavy atom. The van der Waals surface area contributed by atoms with Gasteiger partial charge in [0, 0.05) is 33.7 Å². The van der Waals surface area contributed by atoms with Crippen LogP contribution < -0.4 is 0 Å². The van der Waals surface area contributed by atoms with Gasteiger partial charge in [-0.05, 0) is 12.3 Å². The van der Waals surface area contributed by atoms with E-state index in [9.17, 15) is 9.59 Å². The molecule has 0 saturated carbocycles. The molecule has 0 bridgehead atoms. The van der Waals surface area contributed by atoms with Gasteiger partial charge in [-0.1, -0.05) is 26.7 Å². The zero-order valence-electron chi connectivity index (χ0n) is 15.0. The van der Waals surface area contributed by atoms with E-state index < -0.39 is 0 Å². The number of morpholine rings is 1. The van der Waals surface area contributed by atoms with E-state index in [1.54, 1.807) is 23.9 Å². The minimum atomic E-state index is -0.301. The summed E-state index contributed by atoms with van der Waals surface area (Å²) in [6.45, 7) is 7.96. The largest absolute Gasteiger partial charge is 0.379 e. The lowest BCUT2D eigenvalue weighted by Crippen LogP contribution is -2.57. The van der Waals surface area contributed by atoms with Crippen molar-refractivity contribution in [3.63, 3.8) is 0 Å². The molecule has 0 aromatic rings. The first-order valence-corrected chi connectivity index (χ1v) is 8.84. The third kappa shape index (κ3) is 3.86. The molecular weight excluding hydrogens is 294 g/mol. The molecule has 0 N–H and O–H groups in total. The zero-order valence-corrected chi connectivity index (χ0v) is 15.0. The smallest absolute Gasteiger partial charge is 0.245 e. The lowest BCUT2D eigenvalue weighted by Gasteiger charge is -2.40. The second-order valence-corrected chi connectivity index (χ2v) is 6.68. The van der Waals surface area contributed by atoms with E-state index in [1.807, 2.05) is 0 Å². The van der Waals surface area contributed by atoms with E-state index in [1.165, 1.54) is 0 Å². The van der Waals surface area contributed by atoms with Crippen molar-refractivity contribution in [1.82, 2.24) is 14.7 Å². The van der Waals surface area contributed by atoms with Gasteiger partial charge in [-0.15, -0.1) is 0 Å². The highest BCUT2D eigenvalue weighted by molar-refractivity contribution is 5.91. The number of likely N-dealkylation sites (tertiary alicyclic amines) is 1. The molecule has 0 aromatic carbocycles. The Kier molecular flexibility index (Phi) is 6.41. The number of nitrogens with zero attached hydrogens (tertiary/aromatic N) is 3. The molecule has 2 saturated heterocycles. The lowest BCUT2D eigenvalue weighted by atomic mass is 9.91. The van der Waals surface area contributed by atoms with Gasteiger partial charge in [0.2, 0.25) is 11.8 Å². The van der Waals surface area contributed by atoms with Crippen molar-refractivity contribution in [3.05, 3.63) is 0 Å². The molecule has 0 unspecified atom stereocenters. The maximum atomic E-state index is 13.2. The summed E-state index contributed by atoms with van der Waals surface area (Å²) in [7, 11) is 3.60. The van der Waals surface area contributed by atoms with Crippen molar-refractivity contribution in [1.29, 1.82) is 0 Å². The van der Waals surface area contributed by atoms with Gasteiger partial charge in [-0.25, -0.2) is 0 Å². The topological polar surface area (TPSA) is 53.1 Å². The highest BCUT2D eigenvalue weighted by Gasteiger charge is 2.40. The predicted molar refractivity (Wildman–Crippen MR) is 89.1 cm³/mol. The number of rotatable bonds is 6. The molecule has 132 valence electrons. The van der Waals surface area contributed by atoms with Crippen molar-refractivity contribution in [2.75, 3.05) is 46.9 Å². The Balaban J connectivity index is 2.16. The molecule has 6 nitrogen and oxygen atoms in total. The molecule has 6 heteroatoms. The monoisotopic (exact) mass is 325 g/mol. The first-order chi connectivity index (χ1) is 11.0. The molecule has 0 aromatic heterocycles.